The number of carbonyl (C=O) groups is 1. The van der Waals surface area contributed by atoms with E-state index in [-0.39, 0.29) is 11.9 Å². The molecule has 0 saturated carbocycles. The fourth-order valence-corrected chi connectivity index (χ4v) is 1.77. The maximum Gasteiger partial charge on any atom is 0.257 e. The van der Waals surface area contributed by atoms with E-state index in [0.717, 1.165) is 18.3 Å². The second-order valence-electron chi connectivity index (χ2n) is 4.04. The summed E-state index contributed by atoms with van der Waals surface area (Å²) in [6.07, 6.45) is 4.34. The van der Waals surface area contributed by atoms with Crippen LogP contribution in [-0.2, 0) is 7.05 Å². The van der Waals surface area contributed by atoms with Crippen LogP contribution in [0, 0.1) is 0 Å². The van der Waals surface area contributed by atoms with Crippen molar-refractivity contribution in [2.45, 2.75) is 26.3 Å². The first kappa shape index (κ1) is 13.2. The van der Waals surface area contributed by atoms with Crippen LogP contribution in [0.25, 0.3) is 0 Å². The Balaban J connectivity index is 2.74. The highest BCUT2D eigenvalue weighted by atomic mass is 79.9. The third kappa shape index (κ3) is 3.33. The van der Waals surface area contributed by atoms with Crippen molar-refractivity contribution in [2.75, 3.05) is 11.9 Å². The van der Waals surface area contributed by atoms with Gasteiger partial charge in [0.05, 0.1) is 11.8 Å². The smallest absolute Gasteiger partial charge is 0.257 e. The lowest BCUT2D eigenvalue weighted by Crippen LogP contribution is -2.37. The molecule has 1 aromatic rings. The highest BCUT2D eigenvalue weighted by molar-refractivity contribution is 9.09. The number of aromatic nitrogens is 2. The summed E-state index contributed by atoms with van der Waals surface area (Å²) in [7, 11) is 1.81. The summed E-state index contributed by atoms with van der Waals surface area (Å²) >= 11 is 3.38. The Labute approximate surface area is 105 Å². The maximum absolute atomic E-state index is 12.2. The number of rotatable bonds is 5. The molecule has 0 spiro atoms. The normalized spacial score (nSPS) is 10.8. The molecule has 1 amide bonds. The molecule has 90 valence electrons. The zero-order chi connectivity index (χ0) is 12.1. The zero-order valence-corrected chi connectivity index (χ0v) is 11.6. The fourth-order valence-electron chi connectivity index (χ4n) is 1.52. The number of aryl methyl sites for hydroxylation is 1. The lowest BCUT2D eigenvalue weighted by atomic mass is 10.2. The summed E-state index contributed by atoms with van der Waals surface area (Å²) in [6.45, 7) is 4.83. The first-order chi connectivity index (χ1) is 7.56. The summed E-state index contributed by atoms with van der Waals surface area (Å²) in [5.74, 6) is 0.0593. The van der Waals surface area contributed by atoms with E-state index < -0.39 is 0 Å². The van der Waals surface area contributed by atoms with Gasteiger partial charge in [0.15, 0.2) is 0 Å². The van der Waals surface area contributed by atoms with E-state index in [1.807, 2.05) is 25.8 Å². The van der Waals surface area contributed by atoms with Gasteiger partial charge in [-0.2, -0.15) is 5.10 Å². The van der Waals surface area contributed by atoms with Crippen molar-refractivity contribution in [1.82, 2.24) is 14.7 Å². The molecule has 1 rings (SSSR count). The standard InChI is InChI=1S/C11H18BrN3O/c1-9(2)15(6-4-5-12)11(16)10-7-13-14(3)8-10/h7-9H,4-6H2,1-3H3. The molecule has 0 aliphatic carbocycles. The Morgan fingerprint density at radius 3 is 2.75 bits per heavy atom. The van der Waals surface area contributed by atoms with Crippen LogP contribution in [0.3, 0.4) is 0 Å². The van der Waals surface area contributed by atoms with Crippen LogP contribution in [0.15, 0.2) is 12.4 Å². The van der Waals surface area contributed by atoms with Gasteiger partial charge in [0, 0.05) is 31.2 Å². The molecule has 5 heteroatoms. The van der Waals surface area contributed by atoms with E-state index in [1.54, 1.807) is 17.1 Å². The van der Waals surface area contributed by atoms with Gasteiger partial charge < -0.3 is 4.90 Å². The van der Waals surface area contributed by atoms with Crippen LogP contribution in [0.2, 0.25) is 0 Å². The Bertz CT molecular complexity index is 349. The Morgan fingerprint density at radius 1 is 1.62 bits per heavy atom. The molecular weight excluding hydrogens is 270 g/mol. The molecule has 0 aromatic carbocycles. The highest BCUT2D eigenvalue weighted by Crippen LogP contribution is 2.08. The van der Waals surface area contributed by atoms with Gasteiger partial charge in [-0.25, -0.2) is 0 Å². The van der Waals surface area contributed by atoms with Crippen LogP contribution in [0.1, 0.15) is 30.6 Å². The first-order valence-electron chi connectivity index (χ1n) is 5.42. The first-order valence-corrected chi connectivity index (χ1v) is 6.54. The van der Waals surface area contributed by atoms with Gasteiger partial charge in [-0.1, -0.05) is 15.9 Å². The van der Waals surface area contributed by atoms with Crippen LogP contribution >= 0.6 is 15.9 Å². The number of carbonyl (C=O) groups excluding carboxylic acids is 1. The quantitative estimate of drug-likeness (QED) is 0.778. The summed E-state index contributed by atoms with van der Waals surface area (Å²) in [4.78, 5) is 14.0. The van der Waals surface area contributed by atoms with Crippen molar-refractivity contribution < 1.29 is 4.79 Å². The van der Waals surface area contributed by atoms with E-state index in [0.29, 0.717) is 5.56 Å². The molecule has 0 aliphatic rings. The van der Waals surface area contributed by atoms with E-state index in [4.69, 9.17) is 0 Å². The van der Waals surface area contributed by atoms with Gasteiger partial charge >= 0.3 is 0 Å². The topological polar surface area (TPSA) is 38.1 Å². The Morgan fingerprint density at radius 2 is 2.31 bits per heavy atom. The van der Waals surface area contributed by atoms with Gasteiger partial charge in [0.1, 0.15) is 0 Å². The van der Waals surface area contributed by atoms with Gasteiger partial charge in [-0.05, 0) is 20.3 Å². The molecule has 0 N–H and O–H groups in total. The van der Waals surface area contributed by atoms with E-state index in [2.05, 4.69) is 21.0 Å². The molecular formula is C11H18BrN3O. The number of hydrogen-bond donors (Lipinski definition) is 0. The largest absolute Gasteiger partial charge is 0.336 e. The predicted octanol–water partition coefficient (Wildman–Crippen LogP) is 2.06. The van der Waals surface area contributed by atoms with Gasteiger partial charge in [-0.15, -0.1) is 0 Å². The second kappa shape index (κ2) is 6.03. The van der Waals surface area contributed by atoms with Crippen molar-refractivity contribution in [3.8, 4) is 0 Å². The summed E-state index contributed by atoms with van der Waals surface area (Å²) in [5.41, 5.74) is 0.658. The predicted molar refractivity (Wildman–Crippen MR) is 67.8 cm³/mol. The summed E-state index contributed by atoms with van der Waals surface area (Å²) < 4.78 is 1.65. The van der Waals surface area contributed by atoms with Crippen molar-refractivity contribution in [3.05, 3.63) is 18.0 Å². The number of hydrogen-bond acceptors (Lipinski definition) is 2. The van der Waals surface area contributed by atoms with Gasteiger partial charge in [0.25, 0.3) is 5.91 Å². The average molecular weight is 288 g/mol. The Kier molecular flexibility index (Phi) is 4.99. The third-order valence-electron chi connectivity index (χ3n) is 2.37. The minimum Gasteiger partial charge on any atom is -0.336 e. The van der Waals surface area contributed by atoms with Crippen LogP contribution in [0.5, 0.6) is 0 Å². The number of nitrogens with zero attached hydrogens (tertiary/aromatic N) is 3. The molecule has 0 saturated heterocycles. The SMILES string of the molecule is CC(C)N(CCCBr)C(=O)c1cnn(C)c1. The molecule has 1 heterocycles. The highest BCUT2D eigenvalue weighted by Gasteiger charge is 2.19. The molecule has 0 aliphatic heterocycles. The van der Waals surface area contributed by atoms with Gasteiger partial charge in [0.2, 0.25) is 0 Å². The molecule has 0 bridgehead atoms. The van der Waals surface area contributed by atoms with Crippen molar-refractivity contribution in [3.63, 3.8) is 0 Å². The maximum atomic E-state index is 12.2. The average Bonchev–Trinajstić information content (AvgIpc) is 2.64. The number of amides is 1. The number of alkyl halides is 1. The van der Waals surface area contributed by atoms with E-state index in [9.17, 15) is 4.79 Å². The van der Waals surface area contributed by atoms with Gasteiger partial charge in [-0.3, -0.25) is 9.48 Å². The zero-order valence-electron chi connectivity index (χ0n) is 9.98. The second-order valence-corrected chi connectivity index (χ2v) is 4.83. The third-order valence-corrected chi connectivity index (χ3v) is 2.93. The lowest BCUT2D eigenvalue weighted by molar-refractivity contribution is 0.0706. The number of halogens is 1. The minimum absolute atomic E-state index is 0.0593. The van der Waals surface area contributed by atoms with Crippen LogP contribution in [0.4, 0.5) is 0 Å². The molecule has 0 unspecified atom stereocenters. The molecule has 4 nitrogen and oxygen atoms in total. The molecule has 0 atom stereocenters. The van der Waals surface area contributed by atoms with Crippen molar-refractivity contribution in [2.24, 2.45) is 7.05 Å². The van der Waals surface area contributed by atoms with E-state index >= 15 is 0 Å². The van der Waals surface area contributed by atoms with Crippen molar-refractivity contribution >= 4 is 21.8 Å². The van der Waals surface area contributed by atoms with E-state index in [1.165, 1.54) is 0 Å². The molecule has 0 fully saturated rings. The van der Waals surface area contributed by atoms with Crippen LogP contribution < -0.4 is 0 Å². The lowest BCUT2D eigenvalue weighted by Gasteiger charge is -2.26. The molecule has 0 radical (unpaired) electrons. The minimum atomic E-state index is 0.0593. The van der Waals surface area contributed by atoms with Crippen molar-refractivity contribution in [1.29, 1.82) is 0 Å². The monoisotopic (exact) mass is 287 g/mol. The fraction of sp³-hybridized carbons (Fsp3) is 0.636. The van der Waals surface area contributed by atoms with Crippen LogP contribution in [-0.4, -0.2) is 38.5 Å². The molecule has 1 aromatic heterocycles. The Hall–Kier alpha value is -0.840. The summed E-state index contributed by atoms with van der Waals surface area (Å²) in [6, 6.07) is 0.215. The summed E-state index contributed by atoms with van der Waals surface area (Å²) in [5, 5.41) is 4.93. The molecule has 16 heavy (non-hydrogen) atoms.